The molecule has 0 amide bonds. The van der Waals surface area contributed by atoms with E-state index in [4.69, 9.17) is 10.8 Å². The van der Waals surface area contributed by atoms with Crippen molar-refractivity contribution in [2.75, 3.05) is 12.4 Å². The summed E-state index contributed by atoms with van der Waals surface area (Å²) in [7, 11) is 0. The summed E-state index contributed by atoms with van der Waals surface area (Å²) in [5.41, 5.74) is 5.52. The second kappa shape index (κ2) is 7.93. The van der Waals surface area contributed by atoms with Gasteiger partial charge < -0.3 is 10.8 Å². The number of aliphatic hydroxyl groups excluding tert-OH is 1. The van der Waals surface area contributed by atoms with E-state index in [0.717, 1.165) is 5.75 Å². The molecule has 0 heterocycles. The Balaban J connectivity index is 0.00000196. The summed E-state index contributed by atoms with van der Waals surface area (Å²) in [6.07, 6.45) is 0.690. The molecule has 0 saturated carbocycles. The van der Waals surface area contributed by atoms with Gasteiger partial charge in [0.1, 0.15) is 5.82 Å². The molecule has 0 aliphatic rings. The van der Waals surface area contributed by atoms with Crippen LogP contribution < -0.4 is 5.73 Å². The fraction of sp³-hybridized carbons (Fsp3) is 0.400. The number of hydrogen-bond donors (Lipinski definition) is 2. The van der Waals surface area contributed by atoms with Gasteiger partial charge in [-0.2, -0.15) is 0 Å². The third-order valence-corrected chi connectivity index (χ3v) is 2.90. The van der Waals surface area contributed by atoms with Gasteiger partial charge in [-0.3, -0.25) is 0 Å². The van der Waals surface area contributed by atoms with Gasteiger partial charge in [0, 0.05) is 10.9 Å². The Bertz CT molecular complexity index is 288. The van der Waals surface area contributed by atoms with Crippen LogP contribution in [0.5, 0.6) is 0 Å². The molecule has 0 spiro atoms. The van der Waals surface area contributed by atoms with Gasteiger partial charge in [-0.05, 0) is 24.3 Å². The first-order chi connectivity index (χ1) is 6.74. The van der Waals surface area contributed by atoms with Crippen LogP contribution in [0.1, 0.15) is 6.42 Å². The SMILES string of the molecule is Cl.N[C@H](CO)CCSc1ccccc1F. The average molecular weight is 252 g/mol. The van der Waals surface area contributed by atoms with Crippen LogP contribution >= 0.6 is 24.2 Å². The molecule has 0 saturated heterocycles. The molecule has 0 unspecified atom stereocenters. The van der Waals surface area contributed by atoms with Crippen molar-refractivity contribution in [2.45, 2.75) is 17.4 Å². The highest BCUT2D eigenvalue weighted by atomic mass is 35.5. The average Bonchev–Trinajstić information content (AvgIpc) is 2.20. The first kappa shape index (κ1) is 14.7. The molecule has 0 aliphatic carbocycles. The molecular weight excluding hydrogens is 237 g/mol. The summed E-state index contributed by atoms with van der Waals surface area (Å²) in [5.74, 6) is 0.526. The molecule has 86 valence electrons. The van der Waals surface area contributed by atoms with E-state index in [9.17, 15) is 4.39 Å². The van der Waals surface area contributed by atoms with Crippen molar-refractivity contribution in [3.8, 4) is 0 Å². The number of thioether (sulfide) groups is 1. The van der Waals surface area contributed by atoms with Crippen LogP contribution in [-0.4, -0.2) is 23.5 Å². The second-order valence-electron chi connectivity index (χ2n) is 3.01. The van der Waals surface area contributed by atoms with Crippen LogP contribution in [0.2, 0.25) is 0 Å². The lowest BCUT2D eigenvalue weighted by molar-refractivity contribution is 0.264. The van der Waals surface area contributed by atoms with Gasteiger partial charge in [-0.1, -0.05) is 12.1 Å². The van der Waals surface area contributed by atoms with E-state index >= 15 is 0 Å². The lowest BCUT2D eigenvalue weighted by Crippen LogP contribution is -2.24. The van der Waals surface area contributed by atoms with E-state index in [-0.39, 0.29) is 30.9 Å². The van der Waals surface area contributed by atoms with Crippen molar-refractivity contribution < 1.29 is 9.50 Å². The zero-order valence-corrected chi connectivity index (χ0v) is 9.86. The fourth-order valence-corrected chi connectivity index (χ4v) is 1.99. The van der Waals surface area contributed by atoms with E-state index < -0.39 is 0 Å². The Morgan fingerprint density at radius 3 is 2.67 bits per heavy atom. The van der Waals surface area contributed by atoms with Gasteiger partial charge in [0.2, 0.25) is 0 Å². The Morgan fingerprint density at radius 1 is 1.40 bits per heavy atom. The molecule has 0 fully saturated rings. The predicted octanol–water partition coefficient (Wildman–Crippen LogP) is 2.05. The highest BCUT2D eigenvalue weighted by Crippen LogP contribution is 2.21. The monoisotopic (exact) mass is 251 g/mol. The van der Waals surface area contributed by atoms with E-state index in [0.29, 0.717) is 11.3 Å². The van der Waals surface area contributed by atoms with Crippen molar-refractivity contribution in [3.05, 3.63) is 30.1 Å². The maximum atomic E-state index is 13.1. The predicted molar refractivity (Wildman–Crippen MR) is 64.1 cm³/mol. The topological polar surface area (TPSA) is 46.2 Å². The van der Waals surface area contributed by atoms with Gasteiger partial charge in [0.25, 0.3) is 0 Å². The van der Waals surface area contributed by atoms with Gasteiger partial charge in [0.15, 0.2) is 0 Å². The summed E-state index contributed by atoms with van der Waals surface area (Å²) in [6.45, 7) is -0.0160. The standard InChI is InChI=1S/C10H14FNOS.ClH/c11-9-3-1-2-4-10(9)14-6-5-8(12)7-13;/h1-4,8,13H,5-7,12H2;1H/t8-;/m0./s1. The molecule has 15 heavy (non-hydrogen) atoms. The van der Waals surface area contributed by atoms with Gasteiger partial charge in [-0.15, -0.1) is 24.2 Å². The minimum absolute atomic E-state index is 0. The third kappa shape index (κ3) is 5.37. The van der Waals surface area contributed by atoms with Gasteiger partial charge in [-0.25, -0.2) is 4.39 Å². The van der Waals surface area contributed by atoms with Crippen LogP contribution in [0.3, 0.4) is 0 Å². The quantitative estimate of drug-likeness (QED) is 0.788. The zero-order chi connectivity index (χ0) is 10.4. The van der Waals surface area contributed by atoms with Crippen molar-refractivity contribution in [3.63, 3.8) is 0 Å². The first-order valence-electron chi connectivity index (χ1n) is 4.48. The Kier molecular flexibility index (Phi) is 7.78. The van der Waals surface area contributed by atoms with Crippen LogP contribution in [0.25, 0.3) is 0 Å². The lowest BCUT2D eigenvalue weighted by Gasteiger charge is -2.07. The molecule has 0 bridgehead atoms. The summed E-state index contributed by atoms with van der Waals surface area (Å²) in [4.78, 5) is 0.637. The molecule has 1 atom stereocenters. The third-order valence-electron chi connectivity index (χ3n) is 1.82. The van der Waals surface area contributed by atoms with Crippen LogP contribution in [0.15, 0.2) is 29.2 Å². The summed E-state index contributed by atoms with van der Waals surface area (Å²) >= 11 is 1.42. The van der Waals surface area contributed by atoms with Gasteiger partial charge in [0.05, 0.1) is 6.61 Å². The summed E-state index contributed by atoms with van der Waals surface area (Å²) in [6, 6.07) is 6.45. The molecule has 0 radical (unpaired) electrons. The first-order valence-corrected chi connectivity index (χ1v) is 5.46. The molecule has 1 aromatic rings. The van der Waals surface area contributed by atoms with Crippen LogP contribution in [0, 0.1) is 5.82 Å². The number of rotatable bonds is 5. The Morgan fingerprint density at radius 2 is 2.07 bits per heavy atom. The Labute approximate surface area is 99.5 Å². The molecule has 1 rings (SSSR count). The van der Waals surface area contributed by atoms with Gasteiger partial charge >= 0.3 is 0 Å². The maximum Gasteiger partial charge on any atom is 0.136 e. The molecule has 0 aliphatic heterocycles. The molecular formula is C10H15ClFNOS. The van der Waals surface area contributed by atoms with E-state index in [1.54, 1.807) is 18.2 Å². The molecule has 5 heteroatoms. The van der Waals surface area contributed by atoms with Crippen molar-refractivity contribution in [1.29, 1.82) is 0 Å². The highest BCUT2D eigenvalue weighted by Gasteiger charge is 2.03. The largest absolute Gasteiger partial charge is 0.395 e. The number of aliphatic hydroxyl groups is 1. The van der Waals surface area contributed by atoms with Crippen molar-refractivity contribution in [1.82, 2.24) is 0 Å². The van der Waals surface area contributed by atoms with E-state index in [1.165, 1.54) is 17.8 Å². The van der Waals surface area contributed by atoms with E-state index in [1.807, 2.05) is 0 Å². The van der Waals surface area contributed by atoms with Crippen LogP contribution in [-0.2, 0) is 0 Å². The normalized spacial score (nSPS) is 11.9. The Hall–Kier alpha value is -0.290. The minimum atomic E-state index is -0.200. The molecule has 0 aromatic heterocycles. The molecule has 1 aromatic carbocycles. The number of hydrogen-bond acceptors (Lipinski definition) is 3. The minimum Gasteiger partial charge on any atom is -0.395 e. The fourth-order valence-electron chi connectivity index (χ4n) is 0.973. The van der Waals surface area contributed by atoms with Crippen LogP contribution in [0.4, 0.5) is 4.39 Å². The van der Waals surface area contributed by atoms with Crippen molar-refractivity contribution >= 4 is 24.2 Å². The smallest absolute Gasteiger partial charge is 0.136 e. The molecule has 3 N–H and O–H groups in total. The number of nitrogens with two attached hydrogens (primary N) is 1. The molecule has 2 nitrogen and oxygen atoms in total. The number of halogens is 2. The zero-order valence-electron chi connectivity index (χ0n) is 8.23. The lowest BCUT2D eigenvalue weighted by atomic mass is 10.3. The number of benzene rings is 1. The van der Waals surface area contributed by atoms with E-state index in [2.05, 4.69) is 0 Å². The van der Waals surface area contributed by atoms with Crippen molar-refractivity contribution in [2.24, 2.45) is 5.73 Å². The highest BCUT2D eigenvalue weighted by molar-refractivity contribution is 7.99. The second-order valence-corrected chi connectivity index (χ2v) is 4.15. The summed E-state index contributed by atoms with van der Waals surface area (Å²) < 4.78 is 13.1. The maximum absolute atomic E-state index is 13.1. The summed E-state index contributed by atoms with van der Waals surface area (Å²) in [5, 5.41) is 8.68.